The van der Waals surface area contributed by atoms with E-state index in [9.17, 15) is 4.79 Å². The second-order valence-electron chi connectivity index (χ2n) is 6.09. The van der Waals surface area contributed by atoms with E-state index < -0.39 is 0 Å². The molecule has 0 fully saturated rings. The minimum Gasteiger partial charge on any atom is -0.355 e. The van der Waals surface area contributed by atoms with E-state index in [-0.39, 0.29) is 11.2 Å². The predicted molar refractivity (Wildman–Crippen MR) is 100 cm³/mol. The molecule has 3 aromatic rings. The molecule has 1 aliphatic heterocycles. The van der Waals surface area contributed by atoms with Gasteiger partial charge in [0.05, 0.1) is 17.1 Å². The zero-order valence-corrected chi connectivity index (χ0v) is 14.6. The Bertz CT molecular complexity index is 850. The number of carbonyl (C=O) groups excluding carboxylic acids is 1. The number of thioether (sulfide) groups is 1. The summed E-state index contributed by atoms with van der Waals surface area (Å²) in [6, 6.07) is 18.3. The Hall–Kier alpha value is -2.53. The Morgan fingerprint density at radius 1 is 1.16 bits per heavy atom. The molecular formula is C20H19N3OS. The van der Waals surface area contributed by atoms with Crippen molar-refractivity contribution >= 4 is 17.7 Å². The molecule has 2 aromatic carbocycles. The number of benzene rings is 2. The lowest BCUT2D eigenvalue weighted by Crippen LogP contribution is -2.33. The Morgan fingerprint density at radius 3 is 2.80 bits per heavy atom. The minimum absolute atomic E-state index is 0.00978. The van der Waals surface area contributed by atoms with Crippen molar-refractivity contribution in [3.8, 4) is 5.69 Å². The molecule has 0 saturated carbocycles. The van der Waals surface area contributed by atoms with Crippen LogP contribution in [0.3, 0.4) is 0 Å². The zero-order chi connectivity index (χ0) is 17.1. The number of carbonyl (C=O) groups is 1. The van der Waals surface area contributed by atoms with Crippen LogP contribution in [0.1, 0.15) is 11.1 Å². The summed E-state index contributed by atoms with van der Waals surface area (Å²) < 4.78 is 1.86. The van der Waals surface area contributed by atoms with Crippen molar-refractivity contribution in [2.45, 2.75) is 23.0 Å². The molecule has 126 valence electrons. The van der Waals surface area contributed by atoms with Crippen LogP contribution in [-0.4, -0.2) is 27.5 Å². The number of hydrogen-bond donors (Lipinski definition) is 1. The van der Waals surface area contributed by atoms with Crippen molar-refractivity contribution in [3.63, 3.8) is 0 Å². The molecule has 0 radical (unpaired) electrons. The third kappa shape index (κ3) is 3.61. The second-order valence-corrected chi connectivity index (χ2v) is 7.33. The predicted octanol–water partition coefficient (Wildman–Crippen LogP) is 3.25. The van der Waals surface area contributed by atoms with Crippen molar-refractivity contribution in [3.05, 3.63) is 78.1 Å². The highest BCUT2D eigenvalue weighted by atomic mass is 32.2. The van der Waals surface area contributed by atoms with Gasteiger partial charge in [-0.15, -0.1) is 11.8 Å². The number of nitrogens with one attached hydrogen (secondary N) is 1. The smallest absolute Gasteiger partial charge is 0.233 e. The van der Waals surface area contributed by atoms with E-state index in [2.05, 4.69) is 22.5 Å². The van der Waals surface area contributed by atoms with Gasteiger partial charge in [-0.3, -0.25) is 4.79 Å². The normalized spacial score (nSPS) is 15.8. The summed E-state index contributed by atoms with van der Waals surface area (Å²) in [5.74, 6) is 0.122. The third-order valence-electron chi connectivity index (χ3n) is 4.31. The summed E-state index contributed by atoms with van der Waals surface area (Å²) >= 11 is 1.66. The van der Waals surface area contributed by atoms with Crippen LogP contribution in [0, 0.1) is 0 Å². The van der Waals surface area contributed by atoms with Crippen LogP contribution >= 0.6 is 11.8 Å². The maximum Gasteiger partial charge on any atom is 0.233 e. The van der Waals surface area contributed by atoms with Gasteiger partial charge < -0.3 is 5.32 Å². The van der Waals surface area contributed by atoms with Gasteiger partial charge in [-0.1, -0.05) is 36.4 Å². The van der Waals surface area contributed by atoms with Crippen LogP contribution in [0.4, 0.5) is 0 Å². The van der Waals surface area contributed by atoms with E-state index >= 15 is 0 Å². The summed E-state index contributed by atoms with van der Waals surface area (Å²) in [5, 5.41) is 7.44. The average molecular weight is 349 g/mol. The molecule has 4 nitrogen and oxygen atoms in total. The molecule has 1 atom stereocenters. The SMILES string of the molecule is O=C(NCCc1cnn(-c2ccccc2)c1)C1Cc2ccccc2S1. The fraction of sp³-hybridized carbons (Fsp3) is 0.200. The van der Waals surface area contributed by atoms with Crippen molar-refractivity contribution < 1.29 is 4.79 Å². The molecule has 25 heavy (non-hydrogen) atoms. The Labute approximate surface area is 151 Å². The van der Waals surface area contributed by atoms with Crippen molar-refractivity contribution in [2.75, 3.05) is 6.54 Å². The monoisotopic (exact) mass is 349 g/mol. The number of amides is 1. The number of aromatic nitrogens is 2. The number of fused-ring (bicyclic) bond motifs is 1. The standard InChI is InChI=1S/C20H19N3OS/c24-20(19-12-16-6-4-5-9-18(16)25-19)21-11-10-15-13-22-23(14-15)17-7-2-1-3-8-17/h1-9,13-14,19H,10-12H2,(H,21,24). The van der Waals surface area contributed by atoms with Gasteiger partial charge in [0, 0.05) is 17.6 Å². The quantitative estimate of drug-likeness (QED) is 0.769. The van der Waals surface area contributed by atoms with E-state index in [4.69, 9.17) is 0 Å². The van der Waals surface area contributed by atoms with Crippen LogP contribution in [0.15, 0.2) is 71.9 Å². The minimum atomic E-state index is -0.00978. The molecule has 1 unspecified atom stereocenters. The average Bonchev–Trinajstić information content (AvgIpc) is 3.29. The van der Waals surface area contributed by atoms with Gasteiger partial charge in [0.25, 0.3) is 0 Å². The van der Waals surface area contributed by atoms with Gasteiger partial charge in [0.2, 0.25) is 5.91 Å². The van der Waals surface area contributed by atoms with Gasteiger partial charge >= 0.3 is 0 Å². The second kappa shape index (κ2) is 7.15. The van der Waals surface area contributed by atoms with Crippen molar-refractivity contribution in [1.29, 1.82) is 0 Å². The van der Waals surface area contributed by atoms with E-state index in [1.165, 1.54) is 10.5 Å². The fourth-order valence-electron chi connectivity index (χ4n) is 2.98. The number of para-hydroxylation sites is 1. The lowest BCUT2D eigenvalue weighted by molar-refractivity contribution is -0.120. The lowest BCUT2D eigenvalue weighted by atomic mass is 10.1. The van der Waals surface area contributed by atoms with Crippen LogP contribution in [0.25, 0.3) is 5.69 Å². The summed E-state index contributed by atoms with van der Waals surface area (Å²) in [7, 11) is 0. The van der Waals surface area contributed by atoms with Crippen molar-refractivity contribution in [1.82, 2.24) is 15.1 Å². The van der Waals surface area contributed by atoms with E-state index in [0.29, 0.717) is 6.54 Å². The third-order valence-corrected chi connectivity index (χ3v) is 5.63. The van der Waals surface area contributed by atoms with Crippen molar-refractivity contribution in [2.24, 2.45) is 0 Å². The van der Waals surface area contributed by atoms with Crippen LogP contribution in [-0.2, 0) is 17.6 Å². The summed E-state index contributed by atoms with van der Waals surface area (Å²) in [6.45, 7) is 0.632. The molecule has 2 heterocycles. The first-order chi connectivity index (χ1) is 12.3. The largest absolute Gasteiger partial charge is 0.355 e. The first kappa shape index (κ1) is 16.0. The summed E-state index contributed by atoms with van der Waals surface area (Å²) in [6.07, 6.45) is 5.47. The van der Waals surface area contributed by atoms with Gasteiger partial charge in [0.15, 0.2) is 0 Å². The molecule has 1 N–H and O–H groups in total. The molecule has 0 spiro atoms. The number of hydrogen-bond acceptors (Lipinski definition) is 3. The highest BCUT2D eigenvalue weighted by Crippen LogP contribution is 2.36. The molecule has 1 amide bonds. The topological polar surface area (TPSA) is 46.9 Å². The highest BCUT2D eigenvalue weighted by molar-refractivity contribution is 8.01. The maximum atomic E-state index is 12.4. The van der Waals surface area contributed by atoms with Gasteiger partial charge in [-0.2, -0.15) is 5.10 Å². The number of nitrogens with zero attached hydrogens (tertiary/aromatic N) is 2. The van der Waals surface area contributed by atoms with E-state index in [1.807, 2.05) is 59.5 Å². The van der Waals surface area contributed by atoms with Crippen LogP contribution < -0.4 is 5.32 Å². The maximum absolute atomic E-state index is 12.4. The molecule has 5 heteroatoms. The highest BCUT2D eigenvalue weighted by Gasteiger charge is 2.27. The molecule has 0 aliphatic carbocycles. The lowest BCUT2D eigenvalue weighted by Gasteiger charge is -2.09. The first-order valence-electron chi connectivity index (χ1n) is 8.41. The summed E-state index contributed by atoms with van der Waals surface area (Å²) in [4.78, 5) is 13.6. The van der Waals surface area contributed by atoms with Crippen LogP contribution in [0.2, 0.25) is 0 Å². The molecule has 1 aliphatic rings. The fourth-order valence-corrected chi connectivity index (χ4v) is 4.20. The first-order valence-corrected chi connectivity index (χ1v) is 9.29. The van der Waals surface area contributed by atoms with E-state index in [0.717, 1.165) is 24.1 Å². The molecular weight excluding hydrogens is 330 g/mol. The Morgan fingerprint density at radius 2 is 1.96 bits per heavy atom. The van der Waals surface area contributed by atoms with E-state index in [1.54, 1.807) is 11.8 Å². The van der Waals surface area contributed by atoms with Crippen LogP contribution in [0.5, 0.6) is 0 Å². The van der Waals surface area contributed by atoms with Gasteiger partial charge in [-0.25, -0.2) is 4.68 Å². The molecule has 0 saturated heterocycles. The Kier molecular flexibility index (Phi) is 4.57. The molecule has 0 bridgehead atoms. The zero-order valence-electron chi connectivity index (χ0n) is 13.8. The summed E-state index contributed by atoms with van der Waals surface area (Å²) in [5.41, 5.74) is 3.43. The van der Waals surface area contributed by atoms with Gasteiger partial charge in [-0.05, 0) is 42.2 Å². The molecule has 4 rings (SSSR count). The van der Waals surface area contributed by atoms with Gasteiger partial charge in [0.1, 0.15) is 0 Å². The molecule has 1 aromatic heterocycles. The Balaban J connectivity index is 1.29. The number of rotatable bonds is 5.